The van der Waals surface area contributed by atoms with Crippen molar-refractivity contribution in [3.8, 4) is 6.07 Å². The molecule has 0 bridgehead atoms. The van der Waals surface area contributed by atoms with Crippen molar-refractivity contribution in [2.24, 2.45) is 5.41 Å². The molecule has 0 aliphatic heterocycles. The molecule has 0 radical (unpaired) electrons. The zero-order valence-corrected chi connectivity index (χ0v) is 9.43. The SMILES string of the molecule is CCOC(=O)[C@@](C)(C#N)Cc1ccccn1. The molecule has 0 fully saturated rings. The lowest BCUT2D eigenvalue weighted by Crippen LogP contribution is -2.31. The second kappa shape index (κ2) is 5.26. The number of ether oxygens (including phenoxy) is 1. The highest BCUT2D eigenvalue weighted by Gasteiger charge is 2.35. The number of carbonyl (C=O) groups excluding carboxylic acids is 1. The molecule has 4 nitrogen and oxygen atoms in total. The second-order valence-electron chi connectivity index (χ2n) is 3.66. The van der Waals surface area contributed by atoms with Crippen LogP contribution in [0.15, 0.2) is 24.4 Å². The fraction of sp³-hybridized carbons (Fsp3) is 0.417. The standard InChI is InChI=1S/C12H14N2O2/c1-3-16-11(15)12(2,9-13)8-10-6-4-5-7-14-10/h4-7H,3,8H2,1-2H3/t12-/m1/s1. The molecule has 1 heterocycles. The largest absolute Gasteiger partial charge is 0.465 e. The molecule has 1 aromatic heterocycles. The highest BCUT2D eigenvalue weighted by molar-refractivity contribution is 5.79. The van der Waals surface area contributed by atoms with Gasteiger partial charge in [-0.15, -0.1) is 0 Å². The van der Waals surface area contributed by atoms with Gasteiger partial charge in [-0.2, -0.15) is 5.26 Å². The minimum Gasteiger partial charge on any atom is -0.465 e. The minimum atomic E-state index is -1.16. The van der Waals surface area contributed by atoms with E-state index >= 15 is 0 Å². The Labute approximate surface area is 94.9 Å². The molecule has 0 saturated carbocycles. The highest BCUT2D eigenvalue weighted by atomic mass is 16.5. The summed E-state index contributed by atoms with van der Waals surface area (Å²) in [6.45, 7) is 3.56. The number of pyridine rings is 1. The van der Waals surface area contributed by atoms with Crippen LogP contribution in [0.4, 0.5) is 0 Å². The summed E-state index contributed by atoms with van der Waals surface area (Å²) in [5.41, 5.74) is -0.454. The van der Waals surface area contributed by atoms with E-state index in [0.29, 0.717) is 5.69 Å². The Hall–Kier alpha value is -1.89. The fourth-order valence-corrected chi connectivity index (χ4v) is 1.31. The molecule has 84 valence electrons. The summed E-state index contributed by atoms with van der Waals surface area (Å²) in [4.78, 5) is 15.7. The molecule has 0 unspecified atom stereocenters. The number of esters is 1. The van der Waals surface area contributed by atoms with Gasteiger partial charge in [0.05, 0.1) is 12.7 Å². The zero-order valence-electron chi connectivity index (χ0n) is 9.43. The molecule has 1 rings (SSSR count). The third-order valence-electron chi connectivity index (χ3n) is 2.23. The molecule has 1 atom stereocenters. The van der Waals surface area contributed by atoms with Crippen LogP contribution in [0, 0.1) is 16.7 Å². The zero-order chi connectivity index (χ0) is 12.0. The third-order valence-corrected chi connectivity index (χ3v) is 2.23. The van der Waals surface area contributed by atoms with Crippen LogP contribution in [0.5, 0.6) is 0 Å². The van der Waals surface area contributed by atoms with E-state index in [4.69, 9.17) is 10.00 Å². The van der Waals surface area contributed by atoms with Gasteiger partial charge in [-0.05, 0) is 26.0 Å². The second-order valence-corrected chi connectivity index (χ2v) is 3.66. The Morgan fingerprint density at radius 3 is 2.88 bits per heavy atom. The smallest absolute Gasteiger partial charge is 0.326 e. The van der Waals surface area contributed by atoms with E-state index in [1.165, 1.54) is 0 Å². The Kier molecular flexibility index (Phi) is 4.01. The van der Waals surface area contributed by atoms with Crippen molar-refractivity contribution in [3.05, 3.63) is 30.1 Å². The molecule has 0 aliphatic carbocycles. The number of carbonyl (C=O) groups is 1. The summed E-state index contributed by atoms with van der Waals surface area (Å²) in [6.07, 6.45) is 1.90. The van der Waals surface area contributed by atoms with E-state index in [-0.39, 0.29) is 13.0 Å². The quantitative estimate of drug-likeness (QED) is 0.722. The van der Waals surface area contributed by atoms with Gasteiger partial charge in [0.1, 0.15) is 0 Å². The van der Waals surface area contributed by atoms with Crippen LogP contribution in [0.25, 0.3) is 0 Å². The maximum absolute atomic E-state index is 11.6. The predicted molar refractivity (Wildman–Crippen MR) is 58.3 cm³/mol. The molecular formula is C12H14N2O2. The fourth-order valence-electron chi connectivity index (χ4n) is 1.31. The first kappa shape index (κ1) is 12.2. The van der Waals surface area contributed by atoms with Crippen molar-refractivity contribution >= 4 is 5.97 Å². The number of nitriles is 1. The minimum absolute atomic E-state index is 0.267. The van der Waals surface area contributed by atoms with E-state index in [9.17, 15) is 4.79 Å². The Morgan fingerprint density at radius 1 is 1.62 bits per heavy atom. The lowest BCUT2D eigenvalue weighted by atomic mass is 9.87. The molecule has 0 spiro atoms. The van der Waals surface area contributed by atoms with Crippen LogP contribution in [0.1, 0.15) is 19.5 Å². The normalized spacial score (nSPS) is 13.6. The topological polar surface area (TPSA) is 63.0 Å². The predicted octanol–water partition coefficient (Wildman–Crippen LogP) is 1.72. The number of aromatic nitrogens is 1. The van der Waals surface area contributed by atoms with Gasteiger partial charge >= 0.3 is 5.97 Å². The van der Waals surface area contributed by atoms with Crippen LogP contribution in [-0.4, -0.2) is 17.6 Å². The van der Waals surface area contributed by atoms with E-state index < -0.39 is 11.4 Å². The van der Waals surface area contributed by atoms with Crippen molar-refractivity contribution in [3.63, 3.8) is 0 Å². The van der Waals surface area contributed by atoms with Crippen molar-refractivity contribution in [2.75, 3.05) is 6.61 Å². The van der Waals surface area contributed by atoms with Gasteiger partial charge < -0.3 is 4.74 Å². The highest BCUT2D eigenvalue weighted by Crippen LogP contribution is 2.22. The Balaban J connectivity index is 2.83. The van der Waals surface area contributed by atoms with Crippen molar-refractivity contribution in [1.82, 2.24) is 4.98 Å². The summed E-state index contributed by atoms with van der Waals surface area (Å²) < 4.78 is 4.88. The lowest BCUT2D eigenvalue weighted by molar-refractivity contribution is -0.151. The monoisotopic (exact) mass is 218 g/mol. The number of nitrogens with zero attached hydrogens (tertiary/aromatic N) is 2. The summed E-state index contributed by atoms with van der Waals surface area (Å²) in [7, 11) is 0. The molecule has 0 saturated heterocycles. The van der Waals surface area contributed by atoms with Crippen LogP contribution < -0.4 is 0 Å². The van der Waals surface area contributed by atoms with Gasteiger partial charge in [0.25, 0.3) is 0 Å². The number of rotatable bonds is 4. The van der Waals surface area contributed by atoms with Gasteiger partial charge in [-0.25, -0.2) is 0 Å². The van der Waals surface area contributed by atoms with Crippen molar-refractivity contribution in [2.45, 2.75) is 20.3 Å². The summed E-state index contributed by atoms with van der Waals surface area (Å²) in [6, 6.07) is 7.40. The summed E-state index contributed by atoms with van der Waals surface area (Å²) in [5, 5.41) is 9.07. The van der Waals surface area contributed by atoms with Gasteiger partial charge in [-0.3, -0.25) is 9.78 Å². The molecule has 0 N–H and O–H groups in total. The molecule has 0 aliphatic rings. The molecule has 0 amide bonds. The first-order valence-corrected chi connectivity index (χ1v) is 5.11. The van der Waals surface area contributed by atoms with Gasteiger partial charge in [-0.1, -0.05) is 6.07 Å². The van der Waals surface area contributed by atoms with E-state index in [0.717, 1.165) is 0 Å². The average molecular weight is 218 g/mol. The maximum Gasteiger partial charge on any atom is 0.326 e. The summed E-state index contributed by atoms with van der Waals surface area (Å²) in [5.74, 6) is -0.497. The summed E-state index contributed by atoms with van der Waals surface area (Å²) >= 11 is 0. The van der Waals surface area contributed by atoms with Gasteiger partial charge in [0.2, 0.25) is 0 Å². The number of hydrogen-bond donors (Lipinski definition) is 0. The van der Waals surface area contributed by atoms with Gasteiger partial charge in [0.15, 0.2) is 5.41 Å². The maximum atomic E-state index is 11.6. The molecule has 0 aromatic carbocycles. The Morgan fingerprint density at radius 2 is 2.38 bits per heavy atom. The third kappa shape index (κ3) is 2.80. The van der Waals surface area contributed by atoms with Crippen molar-refractivity contribution < 1.29 is 9.53 Å². The first-order valence-electron chi connectivity index (χ1n) is 5.11. The lowest BCUT2D eigenvalue weighted by Gasteiger charge is -2.18. The molecule has 16 heavy (non-hydrogen) atoms. The van der Waals surface area contributed by atoms with Crippen LogP contribution in [-0.2, 0) is 16.0 Å². The van der Waals surface area contributed by atoms with Crippen LogP contribution in [0.2, 0.25) is 0 Å². The van der Waals surface area contributed by atoms with Gasteiger partial charge in [0, 0.05) is 18.3 Å². The van der Waals surface area contributed by atoms with Crippen molar-refractivity contribution in [1.29, 1.82) is 5.26 Å². The van der Waals surface area contributed by atoms with E-state index in [1.54, 1.807) is 32.2 Å². The van der Waals surface area contributed by atoms with E-state index in [2.05, 4.69) is 4.98 Å². The molecule has 1 aromatic rings. The van der Waals surface area contributed by atoms with Crippen LogP contribution in [0.3, 0.4) is 0 Å². The number of hydrogen-bond acceptors (Lipinski definition) is 4. The first-order chi connectivity index (χ1) is 7.62. The Bertz CT molecular complexity index is 397. The molecule has 4 heteroatoms. The molecular weight excluding hydrogens is 204 g/mol. The van der Waals surface area contributed by atoms with Crippen LogP contribution >= 0.6 is 0 Å². The van der Waals surface area contributed by atoms with E-state index in [1.807, 2.05) is 12.1 Å². The average Bonchev–Trinajstić information content (AvgIpc) is 2.30.